The van der Waals surface area contributed by atoms with Gasteiger partial charge < -0.3 is 14.8 Å². The zero-order chi connectivity index (χ0) is 13.4. The molecule has 1 heterocycles. The Morgan fingerprint density at radius 2 is 2.11 bits per heavy atom. The number of rotatable bonds is 5. The van der Waals surface area contributed by atoms with E-state index in [2.05, 4.69) is 25.2 Å². The third-order valence-corrected chi connectivity index (χ3v) is 4.07. The minimum absolute atomic E-state index is 0.126. The van der Waals surface area contributed by atoms with Gasteiger partial charge in [-0.25, -0.2) is 0 Å². The van der Waals surface area contributed by atoms with Crippen LogP contribution in [0.15, 0.2) is 28.7 Å². The number of aryl methyl sites for hydroxylation is 1. The highest BCUT2D eigenvalue weighted by atomic mass is 16.3. The topological polar surface area (TPSA) is 45.4 Å². The summed E-state index contributed by atoms with van der Waals surface area (Å²) in [7, 11) is 0. The second kappa shape index (κ2) is 4.99. The van der Waals surface area contributed by atoms with Crippen molar-refractivity contribution >= 4 is 11.0 Å². The summed E-state index contributed by atoms with van der Waals surface area (Å²) in [5.74, 6) is 1.49. The van der Waals surface area contributed by atoms with E-state index in [9.17, 15) is 5.11 Å². The van der Waals surface area contributed by atoms with E-state index in [1.54, 1.807) is 0 Å². The summed E-state index contributed by atoms with van der Waals surface area (Å²) in [6.07, 6.45) is 2.12. The Balaban J connectivity index is 1.73. The van der Waals surface area contributed by atoms with Crippen molar-refractivity contribution in [2.75, 3.05) is 6.54 Å². The van der Waals surface area contributed by atoms with E-state index in [1.807, 2.05) is 18.2 Å². The molecule has 2 aromatic rings. The fourth-order valence-electron chi connectivity index (χ4n) is 2.64. The lowest BCUT2D eigenvalue weighted by molar-refractivity contribution is 0.144. The molecule has 1 aromatic heterocycles. The fourth-order valence-corrected chi connectivity index (χ4v) is 2.64. The van der Waals surface area contributed by atoms with E-state index in [0.29, 0.717) is 12.5 Å². The van der Waals surface area contributed by atoms with Crippen LogP contribution in [0.1, 0.15) is 37.1 Å². The number of hydrogen-bond donors (Lipinski definition) is 2. The molecule has 0 saturated heterocycles. The third kappa shape index (κ3) is 2.53. The molecule has 0 spiro atoms. The summed E-state index contributed by atoms with van der Waals surface area (Å²) in [6.45, 7) is 4.82. The maximum Gasteiger partial charge on any atom is 0.134 e. The second-order valence-corrected chi connectivity index (χ2v) is 5.62. The molecule has 2 N–H and O–H groups in total. The molecular weight excluding hydrogens is 238 g/mol. The number of hydrogen-bond acceptors (Lipinski definition) is 3. The smallest absolute Gasteiger partial charge is 0.134 e. The van der Waals surface area contributed by atoms with Gasteiger partial charge in [-0.2, -0.15) is 0 Å². The lowest BCUT2D eigenvalue weighted by Crippen LogP contribution is -2.30. The molecule has 1 aliphatic carbocycles. The zero-order valence-corrected chi connectivity index (χ0v) is 11.5. The van der Waals surface area contributed by atoms with E-state index in [4.69, 9.17) is 4.42 Å². The van der Waals surface area contributed by atoms with Gasteiger partial charge in [0.1, 0.15) is 11.3 Å². The molecule has 3 heteroatoms. The van der Waals surface area contributed by atoms with Gasteiger partial charge in [0.25, 0.3) is 0 Å². The molecule has 1 fully saturated rings. The average Bonchev–Trinajstić information content (AvgIpc) is 3.21. The van der Waals surface area contributed by atoms with Crippen LogP contribution in [0, 0.1) is 12.8 Å². The first-order chi connectivity index (χ1) is 9.16. The average molecular weight is 259 g/mol. The van der Waals surface area contributed by atoms with Crippen LogP contribution in [0.5, 0.6) is 0 Å². The van der Waals surface area contributed by atoms with Gasteiger partial charge in [0, 0.05) is 11.9 Å². The molecule has 3 nitrogen and oxygen atoms in total. The van der Waals surface area contributed by atoms with Crippen molar-refractivity contribution in [1.82, 2.24) is 5.32 Å². The molecule has 1 aliphatic rings. The standard InChI is InChI=1S/C16H21NO2/c1-10-13-5-3-4-6-15(13)19-16(10)11(2)17-9-14(18)12-7-8-12/h3-6,11-12,14,17-18H,7-9H2,1-2H3. The molecule has 102 valence electrons. The van der Waals surface area contributed by atoms with E-state index in [-0.39, 0.29) is 12.1 Å². The molecule has 19 heavy (non-hydrogen) atoms. The predicted molar refractivity (Wildman–Crippen MR) is 76.1 cm³/mol. The highest BCUT2D eigenvalue weighted by Gasteiger charge is 2.29. The summed E-state index contributed by atoms with van der Waals surface area (Å²) in [5, 5.41) is 14.5. The van der Waals surface area contributed by atoms with Crippen molar-refractivity contribution in [2.24, 2.45) is 5.92 Å². The van der Waals surface area contributed by atoms with Crippen LogP contribution in [-0.4, -0.2) is 17.8 Å². The van der Waals surface area contributed by atoms with Crippen LogP contribution in [0.2, 0.25) is 0 Å². The quantitative estimate of drug-likeness (QED) is 0.867. The van der Waals surface area contributed by atoms with E-state index in [1.165, 1.54) is 23.8 Å². The lowest BCUT2D eigenvalue weighted by atomic mass is 10.1. The molecule has 0 amide bonds. The monoisotopic (exact) mass is 259 g/mol. The number of benzene rings is 1. The van der Waals surface area contributed by atoms with Gasteiger partial charge in [0.05, 0.1) is 12.1 Å². The maximum atomic E-state index is 9.90. The summed E-state index contributed by atoms with van der Waals surface area (Å²) in [4.78, 5) is 0. The number of aliphatic hydroxyl groups excluding tert-OH is 1. The van der Waals surface area contributed by atoms with Crippen molar-refractivity contribution in [3.8, 4) is 0 Å². The Labute approximate surface area is 113 Å². The number of nitrogens with one attached hydrogen (secondary N) is 1. The normalized spacial score (nSPS) is 18.7. The van der Waals surface area contributed by atoms with Crippen molar-refractivity contribution in [1.29, 1.82) is 0 Å². The van der Waals surface area contributed by atoms with Crippen molar-refractivity contribution < 1.29 is 9.52 Å². The Morgan fingerprint density at radius 3 is 2.79 bits per heavy atom. The van der Waals surface area contributed by atoms with Crippen LogP contribution in [-0.2, 0) is 0 Å². The molecule has 1 aromatic carbocycles. The van der Waals surface area contributed by atoms with Crippen LogP contribution < -0.4 is 5.32 Å². The number of fused-ring (bicyclic) bond motifs is 1. The highest BCUT2D eigenvalue weighted by molar-refractivity contribution is 5.82. The molecule has 3 rings (SSSR count). The number of aliphatic hydroxyl groups is 1. The van der Waals surface area contributed by atoms with Crippen molar-refractivity contribution in [3.63, 3.8) is 0 Å². The summed E-state index contributed by atoms with van der Waals surface area (Å²) >= 11 is 0. The van der Waals surface area contributed by atoms with Crippen LogP contribution in [0.3, 0.4) is 0 Å². The minimum Gasteiger partial charge on any atom is -0.459 e. The van der Waals surface area contributed by atoms with Crippen LogP contribution in [0.25, 0.3) is 11.0 Å². The summed E-state index contributed by atoms with van der Waals surface area (Å²) < 4.78 is 5.92. The van der Waals surface area contributed by atoms with Gasteiger partial charge in [-0.05, 0) is 44.2 Å². The Kier molecular flexibility index (Phi) is 3.33. The minimum atomic E-state index is -0.216. The highest BCUT2D eigenvalue weighted by Crippen LogP contribution is 2.33. The molecule has 0 bridgehead atoms. The second-order valence-electron chi connectivity index (χ2n) is 5.62. The first-order valence-corrected chi connectivity index (χ1v) is 7.06. The third-order valence-electron chi connectivity index (χ3n) is 4.07. The van der Waals surface area contributed by atoms with E-state index < -0.39 is 0 Å². The van der Waals surface area contributed by atoms with E-state index >= 15 is 0 Å². The van der Waals surface area contributed by atoms with Gasteiger partial charge in [-0.15, -0.1) is 0 Å². The summed E-state index contributed by atoms with van der Waals surface area (Å²) in [6, 6.07) is 8.23. The van der Waals surface area contributed by atoms with Crippen LogP contribution >= 0.6 is 0 Å². The van der Waals surface area contributed by atoms with Gasteiger partial charge >= 0.3 is 0 Å². The molecule has 1 saturated carbocycles. The first kappa shape index (κ1) is 12.7. The predicted octanol–water partition coefficient (Wildman–Crippen LogP) is 3.16. The van der Waals surface area contributed by atoms with Crippen molar-refractivity contribution in [3.05, 3.63) is 35.6 Å². The van der Waals surface area contributed by atoms with Crippen LogP contribution in [0.4, 0.5) is 0 Å². The lowest BCUT2D eigenvalue weighted by Gasteiger charge is -2.15. The molecule has 2 atom stereocenters. The first-order valence-electron chi connectivity index (χ1n) is 7.06. The molecule has 0 aliphatic heterocycles. The molecule has 2 unspecified atom stereocenters. The fraction of sp³-hybridized carbons (Fsp3) is 0.500. The Bertz CT molecular complexity index is 571. The number of furan rings is 1. The largest absolute Gasteiger partial charge is 0.459 e. The zero-order valence-electron chi connectivity index (χ0n) is 11.5. The summed E-state index contributed by atoms with van der Waals surface area (Å²) in [5.41, 5.74) is 2.13. The Morgan fingerprint density at radius 1 is 1.37 bits per heavy atom. The van der Waals surface area contributed by atoms with Gasteiger partial charge in [-0.3, -0.25) is 0 Å². The number of para-hydroxylation sites is 1. The SMILES string of the molecule is Cc1c(C(C)NCC(O)C2CC2)oc2ccccc12. The van der Waals surface area contributed by atoms with Gasteiger partial charge in [0.2, 0.25) is 0 Å². The maximum absolute atomic E-state index is 9.90. The molecule has 0 radical (unpaired) electrons. The Hall–Kier alpha value is -1.32. The van der Waals surface area contributed by atoms with Crippen molar-refractivity contribution in [2.45, 2.75) is 38.8 Å². The van der Waals surface area contributed by atoms with E-state index in [0.717, 1.165) is 11.3 Å². The molecular formula is C16H21NO2. The van der Waals surface area contributed by atoms with Gasteiger partial charge in [0.15, 0.2) is 0 Å². The van der Waals surface area contributed by atoms with Gasteiger partial charge in [-0.1, -0.05) is 18.2 Å².